The Balaban J connectivity index is 1.30. The summed E-state index contributed by atoms with van der Waals surface area (Å²) in [6.45, 7) is 0.636. The summed E-state index contributed by atoms with van der Waals surface area (Å²) in [6.07, 6.45) is 1.67. The van der Waals surface area contributed by atoms with Crippen molar-refractivity contribution in [3.8, 4) is 17.0 Å². The Morgan fingerprint density at radius 3 is 2.81 bits per heavy atom. The standard InChI is InChI=1S/C23H19N3O5/c1-29-16-7-4-14(5-8-16)19-12-17(31-25-19)13-30-23(28)15-6-9-18-20(11-15)24-21-3-2-10-26(21)22(18)27/h4-9,11-12H,2-3,10,13H2,1H3. The number of aryl methyl sites for hydroxylation is 1. The number of benzene rings is 2. The van der Waals surface area contributed by atoms with Gasteiger partial charge in [0, 0.05) is 24.6 Å². The first-order valence-corrected chi connectivity index (χ1v) is 9.93. The predicted molar refractivity (Wildman–Crippen MR) is 112 cm³/mol. The molecule has 31 heavy (non-hydrogen) atoms. The molecule has 1 aliphatic rings. The van der Waals surface area contributed by atoms with Gasteiger partial charge in [0.1, 0.15) is 17.3 Å². The van der Waals surface area contributed by atoms with Gasteiger partial charge < -0.3 is 14.0 Å². The highest BCUT2D eigenvalue weighted by atomic mass is 16.5. The molecule has 2 aromatic heterocycles. The molecule has 0 saturated heterocycles. The van der Waals surface area contributed by atoms with E-state index in [0.29, 0.717) is 34.5 Å². The van der Waals surface area contributed by atoms with Gasteiger partial charge in [0.2, 0.25) is 0 Å². The molecule has 4 aromatic rings. The first-order valence-electron chi connectivity index (χ1n) is 9.93. The van der Waals surface area contributed by atoms with Crippen LogP contribution in [0.3, 0.4) is 0 Å². The first kappa shape index (κ1) is 19.0. The molecule has 0 N–H and O–H groups in total. The summed E-state index contributed by atoms with van der Waals surface area (Å²) in [4.78, 5) is 29.6. The highest BCUT2D eigenvalue weighted by Crippen LogP contribution is 2.23. The van der Waals surface area contributed by atoms with Crippen molar-refractivity contribution in [3.05, 3.63) is 76.0 Å². The van der Waals surface area contributed by atoms with Crippen molar-refractivity contribution in [1.82, 2.24) is 14.7 Å². The Kier molecular flexibility index (Phi) is 4.74. The van der Waals surface area contributed by atoms with Gasteiger partial charge in [0.15, 0.2) is 12.4 Å². The number of methoxy groups -OCH3 is 1. The molecule has 0 atom stereocenters. The SMILES string of the molecule is COc1ccc(-c2cc(COC(=O)c3ccc4c(=O)n5c(nc4c3)CCC5)on2)cc1. The number of hydrogen-bond acceptors (Lipinski definition) is 7. The second kappa shape index (κ2) is 7.71. The van der Waals surface area contributed by atoms with E-state index in [1.165, 1.54) is 0 Å². The molecule has 0 radical (unpaired) electrons. The molecule has 8 heteroatoms. The van der Waals surface area contributed by atoms with Gasteiger partial charge in [-0.2, -0.15) is 0 Å². The van der Waals surface area contributed by atoms with Crippen molar-refractivity contribution in [3.63, 3.8) is 0 Å². The van der Waals surface area contributed by atoms with Crippen LogP contribution >= 0.6 is 0 Å². The van der Waals surface area contributed by atoms with E-state index in [1.807, 2.05) is 24.3 Å². The van der Waals surface area contributed by atoms with Crippen LogP contribution < -0.4 is 10.3 Å². The molecule has 8 nitrogen and oxygen atoms in total. The molecule has 0 spiro atoms. The Hall–Kier alpha value is -3.94. The predicted octanol–water partition coefficient (Wildman–Crippen LogP) is 3.36. The van der Waals surface area contributed by atoms with Gasteiger partial charge in [0.25, 0.3) is 5.56 Å². The Bertz CT molecular complexity index is 1340. The van der Waals surface area contributed by atoms with Crippen LogP contribution in [0.5, 0.6) is 5.75 Å². The monoisotopic (exact) mass is 417 g/mol. The summed E-state index contributed by atoms with van der Waals surface area (Å²) >= 11 is 0. The molecule has 0 aliphatic carbocycles. The fraction of sp³-hybridized carbons (Fsp3) is 0.217. The minimum absolute atomic E-state index is 0.0553. The highest BCUT2D eigenvalue weighted by Gasteiger charge is 2.18. The fourth-order valence-corrected chi connectivity index (χ4v) is 3.71. The molecule has 2 aromatic carbocycles. The van der Waals surface area contributed by atoms with Gasteiger partial charge in [-0.3, -0.25) is 9.36 Å². The Labute approximate surface area is 177 Å². The molecule has 3 heterocycles. The number of rotatable bonds is 5. The maximum Gasteiger partial charge on any atom is 0.338 e. The van der Waals surface area contributed by atoms with E-state index in [4.69, 9.17) is 14.0 Å². The maximum absolute atomic E-state index is 12.5. The molecular formula is C23H19N3O5. The molecule has 0 bridgehead atoms. The Morgan fingerprint density at radius 2 is 2.00 bits per heavy atom. The summed E-state index contributed by atoms with van der Waals surface area (Å²) in [5.41, 5.74) is 2.27. The van der Waals surface area contributed by atoms with Crippen LogP contribution in [-0.2, 0) is 24.3 Å². The van der Waals surface area contributed by atoms with Crippen molar-refractivity contribution in [1.29, 1.82) is 0 Å². The molecule has 0 saturated carbocycles. The molecular weight excluding hydrogens is 398 g/mol. The van der Waals surface area contributed by atoms with Gasteiger partial charge in [0.05, 0.1) is 23.6 Å². The smallest absolute Gasteiger partial charge is 0.338 e. The largest absolute Gasteiger partial charge is 0.497 e. The number of nitrogens with zero attached hydrogens (tertiary/aromatic N) is 3. The van der Waals surface area contributed by atoms with E-state index in [1.54, 1.807) is 35.9 Å². The van der Waals surface area contributed by atoms with Crippen LogP contribution in [0.2, 0.25) is 0 Å². The van der Waals surface area contributed by atoms with Crippen LogP contribution in [0.25, 0.3) is 22.2 Å². The average molecular weight is 417 g/mol. The van der Waals surface area contributed by atoms with E-state index in [0.717, 1.165) is 30.0 Å². The summed E-state index contributed by atoms with van der Waals surface area (Å²) in [7, 11) is 1.61. The molecule has 5 rings (SSSR count). The van der Waals surface area contributed by atoms with Crippen LogP contribution in [-0.4, -0.2) is 27.8 Å². The van der Waals surface area contributed by atoms with Crippen molar-refractivity contribution in [2.45, 2.75) is 26.0 Å². The molecule has 1 aliphatic heterocycles. The summed E-state index contributed by atoms with van der Waals surface area (Å²) in [5.74, 6) is 1.41. The lowest BCUT2D eigenvalue weighted by Crippen LogP contribution is -2.21. The zero-order chi connectivity index (χ0) is 21.4. The lowest BCUT2D eigenvalue weighted by molar-refractivity contribution is 0.0437. The number of carbonyl (C=O) groups is 1. The molecule has 156 valence electrons. The summed E-state index contributed by atoms with van der Waals surface area (Å²) in [5, 5.41) is 4.52. The number of ether oxygens (including phenoxy) is 2. The summed E-state index contributed by atoms with van der Waals surface area (Å²) < 4.78 is 17.5. The fourth-order valence-electron chi connectivity index (χ4n) is 3.71. The van der Waals surface area contributed by atoms with Crippen molar-refractivity contribution in [2.75, 3.05) is 7.11 Å². The van der Waals surface area contributed by atoms with E-state index in [2.05, 4.69) is 10.1 Å². The summed E-state index contributed by atoms with van der Waals surface area (Å²) in [6, 6.07) is 13.9. The lowest BCUT2D eigenvalue weighted by Gasteiger charge is -2.07. The van der Waals surface area contributed by atoms with Gasteiger partial charge >= 0.3 is 5.97 Å². The van der Waals surface area contributed by atoms with E-state index in [-0.39, 0.29) is 12.2 Å². The third-order valence-electron chi connectivity index (χ3n) is 5.34. The normalized spacial score (nSPS) is 12.7. The van der Waals surface area contributed by atoms with Crippen LogP contribution in [0.15, 0.2) is 57.8 Å². The van der Waals surface area contributed by atoms with Crippen LogP contribution in [0, 0.1) is 0 Å². The Morgan fingerprint density at radius 1 is 1.16 bits per heavy atom. The zero-order valence-electron chi connectivity index (χ0n) is 16.8. The highest BCUT2D eigenvalue weighted by molar-refractivity contribution is 5.94. The first-order chi connectivity index (χ1) is 15.1. The third-order valence-corrected chi connectivity index (χ3v) is 5.34. The molecule has 0 fully saturated rings. The van der Waals surface area contributed by atoms with Gasteiger partial charge in [-0.1, -0.05) is 5.16 Å². The van der Waals surface area contributed by atoms with Crippen LogP contribution in [0.1, 0.15) is 28.4 Å². The third kappa shape index (κ3) is 3.56. The topological polar surface area (TPSA) is 96.5 Å². The lowest BCUT2D eigenvalue weighted by atomic mass is 10.1. The van der Waals surface area contributed by atoms with Crippen molar-refractivity contribution < 1.29 is 18.8 Å². The van der Waals surface area contributed by atoms with E-state index in [9.17, 15) is 9.59 Å². The number of carbonyl (C=O) groups excluding carboxylic acids is 1. The number of aromatic nitrogens is 3. The molecule has 0 amide bonds. The van der Waals surface area contributed by atoms with Gasteiger partial charge in [-0.25, -0.2) is 9.78 Å². The van der Waals surface area contributed by atoms with Gasteiger partial charge in [-0.15, -0.1) is 0 Å². The number of esters is 1. The van der Waals surface area contributed by atoms with Crippen LogP contribution in [0.4, 0.5) is 0 Å². The second-order valence-electron chi connectivity index (χ2n) is 7.30. The molecule has 0 unspecified atom stereocenters. The average Bonchev–Trinajstić information content (AvgIpc) is 3.47. The number of fused-ring (bicyclic) bond motifs is 2. The van der Waals surface area contributed by atoms with Crippen molar-refractivity contribution >= 4 is 16.9 Å². The zero-order valence-corrected chi connectivity index (χ0v) is 16.8. The maximum atomic E-state index is 12.5. The number of hydrogen-bond donors (Lipinski definition) is 0. The van der Waals surface area contributed by atoms with E-state index < -0.39 is 5.97 Å². The van der Waals surface area contributed by atoms with E-state index >= 15 is 0 Å². The minimum Gasteiger partial charge on any atom is -0.497 e. The second-order valence-corrected chi connectivity index (χ2v) is 7.30. The van der Waals surface area contributed by atoms with Gasteiger partial charge in [-0.05, 0) is 48.9 Å². The van der Waals surface area contributed by atoms with Crippen molar-refractivity contribution in [2.24, 2.45) is 0 Å². The minimum atomic E-state index is -0.522. The quantitative estimate of drug-likeness (QED) is 0.459.